The number of hydrogen-bond donors (Lipinski definition) is 1. The fourth-order valence-electron chi connectivity index (χ4n) is 2.35. The summed E-state index contributed by atoms with van der Waals surface area (Å²) < 4.78 is 5.49. The highest BCUT2D eigenvalue weighted by molar-refractivity contribution is 7.79. The van der Waals surface area contributed by atoms with Crippen LogP contribution in [0.1, 0.15) is 23.2 Å². The summed E-state index contributed by atoms with van der Waals surface area (Å²) in [5.41, 5.74) is 4.81. The molecule has 0 atom stereocenters. The Balaban J connectivity index is 2.22. The molecule has 0 spiro atoms. The number of thiol groups is 1. The van der Waals surface area contributed by atoms with Crippen molar-refractivity contribution in [2.75, 3.05) is 0 Å². The van der Waals surface area contributed by atoms with Crippen LogP contribution in [0.25, 0.3) is 11.3 Å². The number of hydrogen-bond acceptors (Lipinski definition) is 3. The molecule has 3 rings (SSSR count). The first-order valence-electron chi connectivity index (χ1n) is 5.56. The molecular formula is C13H13NOS. The Labute approximate surface area is 100 Å². The van der Waals surface area contributed by atoms with Gasteiger partial charge in [0.1, 0.15) is 0 Å². The van der Waals surface area contributed by atoms with Crippen molar-refractivity contribution in [1.29, 1.82) is 0 Å². The number of aromatic nitrogens is 1. The molecule has 1 aromatic heterocycles. The van der Waals surface area contributed by atoms with E-state index >= 15 is 0 Å². The molecule has 1 aliphatic carbocycles. The molecule has 0 bridgehead atoms. The second-order valence-corrected chi connectivity index (χ2v) is 4.42. The zero-order chi connectivity index (χ0) is 11.0. The average Bonchev–Trinajstić information content (AvgIpc) is 2.64. The van der Waals surface area contributed by atoms with Crippen molar-refractivity contribution in [3.63, 3.8) is 0 Å². The van der Waals surface area contributed by atoms with Crippen molar-refractivity contribution < 1.29 is 4.52 Å². The molecule has 3 heteroatoms. The van der Waals surface area contributed by atoms with Gasteiger partial charge in [-0.25, -0.2) is 0 Å². The molecule has 0 amide bonds. The van der Waals surface area contributed by atoms with E-state index in [-0.39, 0.29) is 0 Å². The van der Waals surface area contributed by atoms with Gasteiger partial charge in [0, 0.05) is 16.9 Å². The summed E-state index contributed by atoms with van der Waals surface area (Å²) >= 11 is 4.29. The first-order valence-corrected chi connectivity index (χ1v) is 6.20. The molecule has 82 valence electrons. The summed E-state index contributed by atoms with van der Waals surface area (Å²) in [6.07, 6.45) is 3.32. The van der Waals surface area contributed by atoms with E-state index in [2.05, 4.69) is 42.1 Å². The Morgan fingerprint density at radius 1 is 1.25 bits per heavy atom. The standard InChI is InChI=1S/C13H13NOS/c16-8-12-11-7-3-5-9-4-1-2-6-10(9)13(11)15-14-12/h1-2,4,6,16H,3,5,7-8H2. The van der Waals surface area contributed by atoms with Crippen LogP contribution in [0.5, 0.6) is 0 Å². The largest absolute Gasteiger partial charge is 0.356 e. The Hall–Kier alpha value is -1.22. The molecular weight excluding hydrogens is 218 g/mol. The maximum Gasteiger partial charge on any atom is 0.170 e. The van der Waals surface area contributed by atoms with Crippen molar-refractivity contribution >= 4 is 12.6 Å². The lowest BCUT2D eigenvalue weighted by atomic mass is 10.0. The summed E-state index contributed by atoms with van der Waals surface area (Å²) in [7, 11) is 0. The second kappa shape index (κ2) is 3.98. The molecule has 1 aliphatic rings. The molecule has 2 nitrogen and oxygen atoms in total. The molecule has 0 saturated carbocycles. The topological polar surface area (TPSA) is 26.0 Å². The first kappa shape index (κ1) is 9.97. The SMILES string of the molecule is SCc1noc2c1CCCc1ccccc1-2. The smallest absolute Gasteiger partial charge is 0.170 e. The molecule has 0 saturated heterocycles. The number of rotatable bonds is 1. The summed E-state index contributed by atoms with van der Waals surface area (Å²) in [6.45, 7) is 0. The first-order chi connectivity index (χ1) is 7.90. The van der Waals surface area contributed by atoms with E-state index < -0.39 is 0 Å². The van der Waals surface area contributed by atoms with Crippen LogP contribution in [0, 0.1) is 0 Å². The highest BCUT2D eigenvalue weighted by Gasteiger charge is 2.21. The lowest BCUT2D eigenvalue weighted by molar-refractivity contribution is 0.426. The Kier molecular flexibility index (Phi) is 2.48. The minimum Gasteiger partial charge on any atom is -0.356 e. The van der Waals surface area contributed by atoms with E-state index in [1.54, 1.807) is 0 Å². The highest BCUT2D eigenvalue weighted by Crippen LogP contribution is 2.34. The average molecular weight is 231 g/mol. The van der Waals surface area contributed by atoms with Gasteiger partial charge in [-0.2, -0.15) is 12.6 Å². The molecule has 0 fully saturated rings. The van der Waals surface area contributed by atoms with Crippen molar-refractivity contribution in [3.8, 4) is 11.3 Å². The zero-order valence-electron chi connectivity index (χ0n) is 8.94. The van der Waals surface area contributed by atoms with Crippen molar-refractivity contribution in [2.45, 2.75) is 25.0 Å². The van der Waals surface area contributed by atoms with E-state index in [4.69, 9.17) is 4.52 Å². The Bertz CT molecular complexity index is 518. The lowest BCUT2D eigenvalue weighted by Crippen LogP contribution is -1.89. The van der Waals surface area contributed by atoms with Crippen molar-refractivity contribution in [1.82, 2.24) is 5.16 Å². The molecule has 0 aliphatic heterocycles. The van der Waals surface area contributed by atoms with E-state index in [1.807, 2.05) is 0 Å². The van der Waals surface area contributed by atoms with E-state index in [0.717, 1.165) is 30.7 Å². The van der Waals surface area contributed by atoms with Crippen molar-refractivity contribution in [3.05, 3.63) is 41.1 Å². The summed E-state index contributed by atoms with van der Waals surface area (Å²) in [6, 6.07) is 8.43. The van der Waals surface area contributed by atoms with Crippen LogP contribution in [0.2, 0.25) is 0 Å². The van der Waals surface area contributed by atoms with Crippen LogP contribution < -0.4 is 0 Å². The van der Waals surface area contributed by atoms with Gasteiger partial charge in [0.15, 0.2) is 5.76 Å². The summed E-state index contributed by atoms with van der Waals surface area (Å²) in [4.78, 5) is 0. The van der Waals surface area contributed by atoms with Gasteiger partial charge in [-0.15, -0.1) is 0 Å². The maximum absolute atomic E-state index is 5.49. The van der Waals surface area contributed by atoms with Gasteiger partial charge in [0.2, 0.25) is 0 Å². The molecule has 0 N–H and O–H groups in total. The monoisotopic (exact) mass is 231 g/mol. The van der Waals surface area contributed by atoms with Gasteiger partial charge in [-0.1, -0.05) is 29.4 Å². The molecule has 1 aromatic carbocycles. The number of aryl methyl sites for hydroxylation is 1. The molecule has 16 heavy (non-hydrogen) atoms. The molecule has 2 aromatic rings. The van der Waals surface area contributed by atoms with E-state index in [0.29, 0.717) is 5.75 Å². The predicted octanol–water partition coefficient (Wildman–Crippen LogP) is 3.26. The number of nitrogens with zero attached hydrogens (tertiary/aromatic N) is 1. The quantitative estimate of drug-likeness (QED) is 0.762. The number of benzene rings is 1. The third kappa shape index (κ3) is 1.47. The zero-order valence-corrected chi connectivity index (χ0v) is 9.83. The maximum atomic E-state index is 5.49. The van der Waals surface area contributed by atoms with Gasteiger partial charge >= 0.3 is 0 Å². The van der Waals surface area contributed by atoms with E-state index in [1.165, 1.54) is 16.7 Å². The Morgan fingerprint density at radius 2 is 2.12 bits per heavy atom. The third-order valence-electron chi connectivity index (χ3n) is 3.15. The summed E-state index contributed by atoms with van der Waals surface area (Å²) in [5.74, 6) is 1.61. The highest BCUT2D eigenvalue weighted by atomic mass is 32.1. The fourth-order valence-corrected chi connectivity index (χ4v) is 2.60. The fraction of sp³-hybridized carbons (Fsp3) is 0.308. The van der Waals surface area contributed by atoms with Gasteiger partial charge in [0.25, 0.3) is 0 Å². The van der Waals surface area contributed by atoms with Gasteiger partial charge < -0.3 is 4.52 Å². The minimum absolute atomic E-state index is 0.654. The van der Waals surface area contributed by atoms with Gasteiger partial charge in [-0.3, -0.25) is 0 Å². The molecule has 0 unspecified atom stereocenters. The normalized spacial score (nSPS) is 14.1. The van der Waals surface area contributed by atoms with Crippen LogP contribution in [0.4, 0.5) is 0 Å². The minimum atomic E-state index is 0.654. The Morgan fingerprint density at radius 3 is 3.00 bits per heavy atom. The van der Waals surface area contributed by atoms with Gasteiger partial charge in [0.05, 0.1) is 5.69 Å². The van der Waals surface area contributed by atoms with Crippen LogP contribution in [0.3, 0.4) is 0 Å². The third-order valence-corrected chi connectivity index (χ3v) is 3.45. The van der Waals surface area contributed by atoms with Gasteiger partial charge in [-0.05, 0) is 24.8 Å². The predicted molar refractivity (Wildman–Crippen MR) is 66.7 cm³/mol. The lowest BCUT2D eigenvalue weighted by Gasteiger charge is -2.02. The van der Waals surface area contributed by atoms with Crippen molar-refractivity contribution in [2.24, 2.45) is 0 Å². The van der Waals surface area contributed by atoms with Crippen LogP contribution in [-0.2, 0) is 18.6 Å². The van der Waals surface area contributed by atoms with Crippen LogP contribution in [-0.4, -0.2) is 5.16 Å². The second-order valence-electron chi connectivity index (χ2n) is 4.11. The molecule has 1 heterocycles. The number of fused-ring (bicyclic) bond motifs is 3. The summed E-state index contributed by atoms with van der Waals surface area (Å²) in [5, 5.41) is 4.11. The molecule has 0 radical (unpaired) electrons. The van der Waals surface area contributed by atoms with Crippen LogP contribution in [0.15, 0.2) is 28.8 Å². The van der Waals surface area contributed by atoms with E-state index in [9.17, 15) is 0 Å². The van der Waals surface area contributed by atoms with Crippen LogP contribution >= 0.6 is 12.6 Å².